The van der Waals surface area contributed by atoms with E-state index in [9.17, 15) is 8.78 Å². The van der Waals surface area contributed by atoms with Crippen LogP contribution in [0.5, 0.6) is 0 Å². The number of anilines is 2. The van der Waals surface area contributed by atoms with E-state index in [0.29, 0.717) is 17.2 Å². The fourth-order valence-corrected chi connectivity index (χ4v) is 1.63. The van der Waals surface area contributed by atoms with Crippen molar-refractivity contribution in [1.29, 1.82) is 0 Å². The third-order valence-electron chi connectivity index (χ3n) is 1.87. The van der Waals surface area contributed by atoms with E-state index in [-0.39, 0.29) is 5.95 Å². The van der Waals surface area contributed by atoms with Crippen molar-refractivity contribution in [3.05, 3.63) is 35.4 Å². The Morgan fingerprint density at radius 3 is 2.75 bits per heavy atom. The van der Waals surface area contributed by atoms with Crippen LogP contribution in [0.2, 0.25) is 0 Å². The zero-order chi connectivity index (χ0) is 11.5. The first-order chi connectivity index (χ1) is 7.65. The molecule has 2 rings (SSSR count). The number of hydrogen-bond acceptors (Lipinski definition) is 5. The second kappa shape index (κ2) is 4.40. The maximum absolute atomic E-state index is 12.9. The summed E-state index contributed by atoms with van der Waals surface area (Å²) in [6, 6.07) is 3.71. The number of nitrogens with two attached hydrogens (primary N) is 1. The first-order valence-electron chi connectivity index (χ1n) is 4.42. The Kier molecular flexibility index (Phi) is 2.95. The van der Waals surface area contributed by atoms with Crippen molar-refractivity contribution in [1.82, 2.24) is 9.36 Å². The summed E-state index contributed by atoms with van der Waals surface area (Å²) in [6.07, 6.45) is 0. The number of nitrogen functional groups attached to an aromatic ring is 1. The van der Waals surface area contributed by atoms with Gasteiger partial charge in [0, 0.05) is 18.1 Å². The molecule has 2 aromatic rings. The smallest absolute Gasteiger partial charge is 0.233 e. The Labute approximate surface area is 94.3 Å². The Morgan fingerprint density at radius 1 is 1.31 bits per heavy atom. The summed E-state index contributed by atoms with van der Waals surface area (Å²) in [5.41, 5.74) is 5.95. The van der Waals surface area contributed by atoms with Crippen molar-refractivity contribution in [3.8, 4) is 0 Å². The lowest BCUT2D eigenvalue weighted by Gasteiger charge is -2.02. The van der Waals surface area contributed by atoms with Gasteiger partial charge in [-0.1, -0.05) is 6.07 Å². The van der Waals surface area contributed by atoms with Crippen molar-refractivity contribution >= 4 is 22.6 Å². The number of hydrogen-bond donors (Lipinski definition) is 2. The highest BCUT2D eigenvalue weighted by molar-refractivity contribution is 7.09. The van der Waals surface area contributed by atoms with Crippen LogP contribution in [-0.4, -0.2) is 9.36 Å². The third kappa shape index (κ3) is 2.43. The lowest BCUT2D eigenvalue weighted by atomic mass is 10.2. The molecule has 0 radical (unpaired) electrons. The molecule has 4 nitrogen and oxygen atoms in total. The van der Waals surface area contributed by atoms with Crippen LogP contribution in [0.15, 0.2) is 18.2 Å². The molecular formula is C9H8F2N4S. The predicted molar refractivity (Wildman–Crippen MR) is 58.0 cm³/mol. The number of benzene rings is 1. The van der Waals surface area contributed by atoms with Crippen LogP contribution in [0.3, 0.4) is 0 Å². The molecule has 7 heteroatoms. The standard InChI is InChI=1S/C9H8F2N4S/c10-6-2-1-5(3-7(6)11)4-13-9-14-8(12)15-16-9/h1-3H,4H2,(H3,12,13,14,15). The quantitative estimate of drug-likeness (QED) is 0.864. The molecule has 3 N–H and O–H groups in total. The molecule has 1 aromatic heterocycles. The molecule has 84 valence electrons. The van der Waals surface area contributed by atoms with Crippen LogP contribution in [0.1, 0.15) is 5.56 Å². The van der Waals surface area contributed by atoms with Gasteiger partial charge in [0.25, 0.3) is 0 Å². The average molecular weight is 242 g/mol. The minimum atomic E-state index is -0.865. The van der Waals surface area contributed by atoms with Gasteiger partial charge < -0.3 is 11.1 Å². The first-order valence-corrected chi connectivity index (χ1v) is 5.19. The van der Waals surface area contributed by atoms with Gasteiger partial charge in [-0.25, -0.2) is 8.78 Å². The van der Waals surface area contributed by atoms with Crippen LogP contribution in [0.4, 0.5) is 19.9 Å². The fraction of sp³-hybridized carbons (Fsp3) is 0.111. The number of nitrogens with zero attached hydrogens (tertiary/aromatic N) is 2. The van der Waals surface area contributed by atoms with Gasteiger partial charge >= 0.3 is 0 Å². The van der Waals surface area contributed by atoms with Gasteiger partial charge in [0.2, 0.25) is 11.1 Å². The molecule has 16 heavy (non-hydrogen) atoms. The highest BCUT2D eigenvalue weighted by Gasteiger charge is 2.04. The predicted octanol–water partition coefficient (Wildman–Crippen LogP) is 2.01. The normalized spacial score (nSPS) is 10.4. The van der Waals surface area contributed by atoms with Gasteiger partial charge in [-0.15, -0.1) is 0 Å². The number of rotatable bonds is 3. The van der Waals surface area contributed by atoms with Crippen molar-refractivity contribution in [2.24, 2.45) is 0 Å². The summed E-state index contributed by atoms with van der Waals surface area (Å²) in [7, 11) is 0. The zero-order valence-corrected chi connectivity index (χ0v) is 8.89. The number of nitrogens with one attached hydrogen (secondary N) is 1. The largest absolute Gasteiger partial charge is 0.367 e. The molecule has 0 spiro atoms. The summed E-state index contributed by atoms with van der Waals surface area (Å²) in [5.74, 6) is -1.53. The topological polar surface area (TPSA) is 63.8 Å². The highest BCUT2D eigenvalue weighted by Crippen LogP contribution is 2.14. The van der Waals surface area contributed by atoms with Crippen LogP contribution in [-0.2, 0) is 6.54 Å². The second-order valence-corrected chi connectivity index (χ2v) is 3.81. The number of aromatic nitrogens is 2. The van der Waals surface area contributed by atoms with Crippen LogP contribution < -0.4 is 11.1 Å². The Balaban J connectivity index is 2.02. The van der Waals surface area contributed by atoms with Crippen LogP contribution in [0, 0.1) is 11.6 Å². The van der Waals surface area contributed by atoms with Gasteiger partial charge in [0.1, 0.15) is 0 Å². The molecule has 1 heterocycles. The second-order valence-electron chi connectivity index (χ2n) is 3.06. The Morgan fingerprint density at radius 2 is 2.12 bits per heavy atom. The molecule has 0 aliphatic carbocycles. The van der Waals surface area contributed by atoms with Gasteiger partial charge in [-0.3, -0.25) is 0 Å². The SMILES string of the molecule is Nc1nsc(NCc2ccc(F)c(F)c2)n1. The highest BCUT2D eigenvalue weighted by atomic mass is 32.1. The zero-order valence-electron chi connectivity index (χ0n) is 8.08. The summed E-state index contributed by atoms with van der Waals surface area (Å²) in [4.78, 5) is 3.87. The molecule has 0 amide bonds. The van der Waals surface area contributed by atoms with Crippen molar-refractivity contribution < 1.29 is 8.78 Å². The van der Waals surface area contributed by atoms with E-state index in [1.807, 2.05) is 0 Å². The van der Waals surface area contributed by atoms with E-state index in [2.05, 4.69) is 14.7 Å². The molecule has 0 fully saturated rings. The van der Waals surface area contributed by atoms with E-state index in [0.717, 1.165) is 23.7 Å². The summed E-state index contributed by atoms with van der Waals surface area (Å²) in [5, 5.41) is 3.45. The maximum Gasteiger partial charge on any atom is 0.233 e. The maximum atomic E-state index is 12.9. The van der Waals surface area contributed by atoms with Crippen LogP contribution >= 0.6 is 11.5 Å². The van der Waals surface area contributed by atoms with Gasteiger partial charge in [-0.05, 0) is 17.7 Å². The summed E-state index contributed by atoms with van der Waals surface area (Å²) >= 11 is 1.11. The van der Waals surface area contributed by atoms with Crippen molar-refractivity contribution in [2.45, 2.75) is 6.54 Å². The molecular weight excluding hydrogens is 234 g/mol. The molecule has 0 unspecified atom stereocenters. The van der Waals surface area contributed by atoms with Gasteiger partial charge in [-0.2, -0.15) is 9.36 Å². The molecule has 0 saturated carbocycles. The third-order valence-corrected chi connectivity index (χ3v) is 2.56. The van der Waals surface area contributed by atoms with E-state index in [1.165, 1.54) is 6.07 Å². The lowest BCUT2D eigenvalue weighted by Crippen LogP contribution is -2.00. The van der Waals surface area contributed by atoms with Crippen molar-refractivity contribution in [3.63, 3.8) is 0 Å². The first kappa shape index (κ1) is 10.7. The minimum Gasteiger partial charge on any atom is -0.367 e. The molecule has 1 aromatic carbocycles. The molecule has 0 saturated heterocycles. The molecule has 0 aliphatic rings. The van der Waals surface area contributed by atoms with E-state index < -0.39 is 11.6 Å². The monoisotopic (exact) mass is 242 g/mol. The molecule has 0 aliphatic heterocycles. The van der Waals surface area contributed by atoms with Crippen LogP contribution in [0.25, 0.3) is 0 Å². The van der Waals surface area contributed by atoms with E-state index in [1.54, 1.807) is 0 Å². The van der Waals surface area contributed by atoms with E-state index in [4.69, 9.17) is 5.73 Å². The summed E-state index contributed by atoms with van der Waals surface area (Å²) in [6.45, 7) is 0.339. The van der Waals surface area contributed by atoms with E-state index >= 15 is 0 Å². The number of halogens is 2. The Hall–Kier alpha value is -1.76. The van der Waals surface area contributed by atoms with Crippen molar-refractivity contribution in [2.75, 3.05) is 11.1 Å². The molecule has 0 bridgehead atoms. The lowest BCUT2D eigenvalue weighted by molar-refractivity contribution is 0.507. The van der Waals surface area contributed by atoms with Gasteiger partial charge in [0.15, 0.2) is 11.6 Å². The minimum absolute atomic E-state index is 0.192. The van der Waals surface area contributed by atoms with Gasteiger partial charge in [0.05, 0.1) is 0 Å². The fourth-order valence-electron chi connectivity index (χ4n) is 1.13. The summed E-state index contributed by atoms with van der Waals surface area (Å²) < 4.78 is 29.3. The Bertz CT molecular complexity index is 500. The molecule has 0 atom stereocenters. The average Bonchev–Trinajstić information content (AvgIpc) is 2.66.